The molecular formula is C25H33Cl2N5O2. The lowest BCUT2D eigenvalue weighted by Crippen LogP contribution is -2.52. The molecule has 0 saturated heterocycles. The number of aryl methyl sites for hydroxylation is 1. The van der Waals surface area contributed by atoms with Gasteiger partial charge >= 0.3 is 0 Å². The van der Waals surface area contributed by atoms with Gasteiger partial charge in [-0.15, -0.1) is 0 Å². The molecule has 1 aliphatic rings. The Kier molecular flexibility index (Phi) is 9.56. The molecule has 1 aliphatic carbocycles. The maximum Gasteiger partial charge on any atom is 0.243 e. The molecule has 3 rings (SSSR count). The van der Waals surface area contributed by atoms with Gasteiger partial charge in [0.15, 0.2) is 0 Å². The Balaban J connectivity index is 1.68. The number of hydrogen-bond acceptors (Lipinski definition) is 5. The molecule has 6 N–H and O–H groups in total. The molecule has 184 valence electrons. The third kappa shape index (κ3) is 7.58. The molecule has 0 spiro atoms. The monoisotopic (exact) mass is 505 g/mol. The Hall–Kier alpha value is -2.35. The fraction of sp³-hybridized carbons (Fsp3) is 0.480. The highest BCUT2D eigenvalue weighted by Gasteiger charge is 2.26. The van der Waals surface area contributed by atoms with E-state index in [-0.39, 0.29) is 24.8 Å². The summed E-state index contributed by atoms with van der Waals surface area (Å²) in [6.45, 7) is 2.09. The van der Waals surface area contributed by atoms with Crippen LogP contribution in [-0.4, -0.2) is 28.9 Å². The maximum atomic E-state index is 13.1. The Bertz CT molecular complexity index is 1010. The summed E-state index contributed by atoms with van der Waals surface area (Å²) in [5.74, 6) is 0.235. The SMILES string of the molecule is Cc1nc(N)ccc1CNC(=O)[C@H](Cc1ccc(Cl)c(Cl)c1)NC(=O)[C@H](N)CC1CCCCC1. The highest BCUT2D eigenvalue weighted by atomic mass is 35.5. The zero-order chi connectivity index (χ0) is 24.7. The van der Waals surface area contributed by atoms with Crippen LogP contribution >= 0.6 is 23.2 Å². The van der Waals surface area contributed by atoms with Crippen molar-refractivity contribution >= 4 is 40.8 Å². The van der Waals surface area contributed by atoms with Crippen LogP contribution in [0, 0.1) is 12.8 Å². The average molecular weight is 506 g/mol. The second-order valence-corrected chi connectivity index (χ2v) is 9.87. The third-order valence-electron chi connectivity index (χ3n) is 6.38. The number of pyridine rings is 1. The van der Waals surface area contributed by atoms with Crippen LogP contribution in [0.1, 0.15) is 55.3 Å². The number of nitrogens with zero attached hydrogens (tertiary/aromatic N) is 1. The van der Waals surface area contributed by atoms with Gasteiger partial charge in [-0.2, -0.15) is 0 Å². The van der Waals surface area contributed by atoms with Crippen molar-refractivity contribution in [1.82, 2.24) is 15.6 Å². The largest absolute Gasteiger partial charge is 0.384 e. The van der Waals surface area contributed by atoms with E-state index in [1.165, 1.54) is 19.3 Å². The molecule has 1 saturated carbocycles. The number of aromatic nitrogens is 1. The number of anilines is 1. The molecule has 2 aromatic rings. The van der Waals surface area contributed by atoms with Gasteiger partial charge in [-0.1, -0.05) is 67.4 Å². The van der Waals surface area contributed by atoms with E-state index < -0.39 is 12.1 Å². The first-order chi connectivity index (χ1) is 16.2. The van der Waals surface area contributed by atoms with E-state index in [4.69, 9.17) is 34.7 Å². The van der Waals surface area contributed by atoms with Gasteiger partial charge in [0.1, 0.15) is 11.9 Å². The fourth-order valence-electron chi connectivity index (χ4n) is 4.38. The van der Waals surface area contributed by atoms with Crippen LogP contribution in [-0.2, 0) is 22.6 Å². The predicted octanol–water partition coefficient (Wildman–Crippen LogP) is 3.92. The first kappa shape index (κ1) is 26.3. The normalized spacial score (nSPS) is 16.0. The van der Waals surface area contributed by atoms with Gasteiger partial charge in [-0.25, -0.2) is 4.98 Å². The smallest absolute Gasteiger partial charge is 0.243 e. The van der Waals surface area contributed by atoms with E-state index in [1.54, 1.807) is 24.3 Å². The summed E-state index contributed by atoms with van der Waals surface area (Å²) in [7, 11) is 0. The molecule has 1 aromatic heterocycles. The van der Waals surface area contributed by atoms with Crippen LogP contribution in [0.4, 0.5) is 5.82 Å². The van der Waals surface area contributed by atoms with Crippen molar-refractivity contribution in [2.45, 2.75) is 70.5 Å². The quantitative estimate of drug-likeness (QED) is 0.411. The number of carbonyl (C=O) groups is 2. The van der Waals surface area contributed by atoms with Crippen molar-refractivity contribution in [2.75, 3.05) is 5.73 Å². The molecule has 0 unspecified atom stereocenters. The Morgan fingerprint density at radius 3 is 2.50 bits per heavy atom. The highest BCUT2D eigenvalue weighted by Crippen LogP contribution is 2.27. The van der Waals surface area contributed by atoms with E-state index in [0.29, 0.717) is 28.2 Å². The van der Waals surface area contributed by atoms with Crippen LogP contribution in [0.2, 0.25) is 10.0 Å². The van der Waals surface area contributed by atoms with Gasteiger partial charge in [0, 0.05) is 18.7 Å². The van der Waals surface area contributed by atoms with Crippen molar-refractivity contribution in [3.8, 4) is 0 Å². The number of nitrogens with one attached hydrogen (secondary N) is 2. The Morgan fingerprint density at radius 2 is 1.82 bits per heavy atom. The van der Waals surface area contributed by atoms with Crippen molar-refractivity contribution < 1.29 is 9.59 Å². The second-order valence-electron chi connectivity index (χ2n) is 9.06. The Morgan fingerprint density at radius 1 is 1.09 bits per heavy atom. The average Bonchev–Trinajstić information content (AvgIpc) is 2.80. The molecular weight excluding hydrogens is 473 g/mol. The minimum atomic E-state index is -0.816. The molecule has 1 aromatic carbocycles. The number of nitrogens with two attached hydrogens (primary N) is 2. The molecule has 34 heavy (non-hydrogen) atoms. The number of carbonyl (C=O) groups excluding carboxylic acids is 2. The summed E-state index contributed by atoms with van der Waals surface area (Å²) in [4.78, 5) is 30.3. The van der Waals surface area contributed by atoms with Gasteiger partial charge < -0.3 is 22.1 Å². The van der Waals surface area contributed by atoms with E-state index in [2.05, 4.69) is 15.6 Å². The number of halogens is 2. The van der Waals surface area contributed by atoms with E-state index in [9.17, 15) is 9.59 Å². The summed E-state index contributed by atoms with van der Waals surface area (Å²) >= 11 is 12.2. The number of rotatable bonds is 9. The lowest BCUT2D eigenvalue weighted by molar-refractivity contribution is -0.129. The van der Waals surface area contributed by atoms with Crippen LogP contribution in [0.15, 0.2) is 30.3 Å². The standard InChI is InChI=1S/C25H33Cl2N5O2/c1-15-18(8-10-23(29)31-15)14-30-25(34)22(13-17-7-9-19(26)20(27)11-17)32-24(33)21(28)12-16-5-3-2-4-6-16/h7-11,16,21-22H,2-6,12-14,28H2,1H3,(H2,29,31)(H,30,34)(H,32,33)/t21-,22+/m1/s1. The second kappa shape index (κ2) is 12.4. The third-order valence-corrected chi connectivity index (χ3v) is 7.11. The molecule has 0 bridgehead atoms. The number of benzene rings is 1. The minimum absolute atomic E-state index is 0.254. The summed E-state index contributed by atoms with van der Waals surface area (Å²) in [5.41, 5.74) is 14.3. The lowest BCUT2D eigenvalue weighted by atomic mass is 9.85. The number of amides is 2. The molecule has 7 nitrogen and oxygen atoms in total. The highest BCUT2D eigenvalue weighted by molar-refractivity contribution is 6.42. The first-order valence-corrected chi connectivity index (χ1v) is 12.5. The van der Waals surface area contributed by atoms with Gasteiger partial charge in [-0.05, 0) is 48.6 Å². The van der Waals surface area contributed by atoms with Crippen LogP contribution in [0.5, 0.6) is 0 Å². The minimum Gasteiger partial charge on any atom is -0.384 e. The Labute approximate surface area is 211 Å². The van der Waals surface area contributed by atoms with Crippen molar-refractivity contribution in [2.24, 2.45) is 11.7 Å². The van der Waals surface area contributed by atoms with E-state index in [1.807, 2.05) is 13.0 Å². The molecule has 9 heteroatoms. The molecule has 0 aliphatic heterocycles. The zero-order valence-electron chi connectivity index (χ0n) is 19.4. The predicted molar refractivity (Wildman–Crippen MR) is 136 cm³/mol. The molecule has 2 atom stereocenters. The van der Waals surface area contributed by atoms with Crippen LogP contribution in [0.25, 0.3) is 0 Å². The summed E-state index contributed by atoms with van der Waals surface area (Å²) < 4.78 is 0. The molecule has 2 amide bonds. The van der Waals surface area contributed by atoms with Crippen molar-refractivity contribution in [3.05, 3.63) is 57.2 Å². The van der Waals surface area contributed by atoms with Crippen molar-refractivity contribution in [3.63, 3.8) is 0 Å². The van der Waals surface area contributed by atoms with Gasteiger partial charge in [0.05, 0.1) is 16.1 Å². The zero-order valence-corrected chi connectivity index (χ0v) is 21.0. The van der Waals surface area contributed by atoms with E-state index in [0.717, 1.165) is 29.7 Å². The molecule has 1 heterocycles. The van der Waals surface area contributed by atoms with Gasteiger partial charge in [0.2, 0.25) is 11.8 Å². The van der Waals surface area contributed by atoms with E-state index >= 15 is 0 Å². The lowest BCUT2D eigenvalue weighted by Gasteiger charge is -2.26. The van der Waals surface area contributed by atoms with Gasteiger partial charge in [0.25, 0.3) is 0 Å². The topological polar surface area (TPSA) is 123 Å². The fourth-order valence-corrected chi connectivity index (χ4v) is 4.70. The molecule has 1 fully saturated rings. The maximum absolute atomic E-state index is 13.1. The summed E-state index contributed by atoms with van der Waals surface area (Å²) in [6, 6.07) is 7.20. The van der Waals surface area contributed by atoms with Gasteiger partial charge in [-0.3, -0.25) is 9.59 Å². The molecule has 0 radical (unpaired) electrons. The summed E-state index contributed by atoms with van der Waals surface area (Å²) in [5, 5.41) is 6.58. The van der Waals surface area contributed by atoms with Crippen molar-refractivity contribution in [1.29, 1.82) is 0 Å². The summed E-state index contributed by atoms with van der Waals surface area (Å²) in [6.07, 6.45) is 6.69. The van der Waals surface area contributed by atoms with Crippen LogP contribution in [0.3, 0.4) is 0 Å². The van der Waals surface area contributed by atoms with Crippen LogP contribution < -0.4 is 22.1 Å². The number of nitrogen functional groups attached to an aromatic ring is 1. The first-order valence-electron chi connectivity index (χ1n) is 11.7. The number of hydrogen-bond donors (Lipinski definition) is 4.